The van der Waals surface area contributed by atoms with Crippen molar-refractivity contribution >= 4 is 11.6 Å². The zero-order valence-electron chi connectivity index (χ0n) is 12.1. The fourth-order valence-corrected chi connectivity index (χ4v) is 3.85. The van der Waals surface area contributed by atoms with Crippen molar-refractivity contribution in [3.63, 3.8) is 0 Å². The van der Waals surface area contributed by atoms with Crippen LogP contribution >= 0.6 is 11.6 Å². The van der Waals surface area contributed by atoms with Gasteiger partial charge in [-0.2, -0.15) is 0 Å². The first-order chi connectivity index (χ1) is 10.2. The lowest BCUT2D eigenvalue weighted by atomic mass is 9.71. The molecular formula is C18H21ClN2. The fourth-order valence-electron chi connectivity index (χ4n) is 3.65. The molecule has 1 aliphatic carbocycles. The van der Waals surface area contributed by atoms with Crippen molar-refractivity contribution < 1.29 is 0 Å². The summed E-state index contributed by atoms with van der Waals surface area (Å²) in [5, 5.41) is 0.717. The number of aromatic nitrogens is 1. The molecule has 3 heteroatoms. The van der Waals surface area contributed by atoms with E-state index in [4.69, 9.17) is 17.3 Å². The summed E-state index contributed by atoms with van der Waals surface area (Å²) in [5.41, 5.74) is 9.23. The summed E-state index contributed by atoms with van der Waals surface area (Å²) in [5.74, 6) is 0. The molecule has 0 bridgehead atoms. The molecule has 1 heterocycles. The zero-order valence-corrected chi connectivity index (χ0v) is 12.9. The normalized spacial score (nSPS) is 18.6. The topological polar surface area (TPSA) is 38.9 Å². The molecule has 1 atom stereocenters. The predicted molar refractivity (Wildman–Crippen MR) is 87.5 cm³/mol. The highest BCUT2D eigenvalue weighted by molar-refractivity contribution is 6.31. The lowest BCUT2D eigenvalue weighted by molar-refractivity contribution is 0.347. The minimum Gasteiger partial charge on any atom is -0.327 e. The van der Waals surface area contributed by atoms with Gasteiger partial charge < -0.3 is 5.73 Å². The Hall–Kier alpha value is -1.38. The van der Waals surface area contributed by atoms with Gasteiger partial charge in [0.2, 0.25) is 0 Å². The zero-order chi connectivity index (χ0) is 14.7. The molecule has 2 N–H and O–H groups in total. The monoisotopic (exact) mass is 300 g/mol. The Kier molecular flexibility index (Phi) is 4.27. The molecule has 3 rings (SSSR count). The third-order valence-electron chi connectivity index (χ3n) is 4.85. The molecule has 2 nitrogen and oxygen atoms in total. The molecule has 1 unspecified atom stereocenters. The van der Waals surface area contributed by atoms with Crippen LogP contribution in [0.3, 0.4) is 0 Å². The van der Waals surface area contributed by atoms with Crippen LogP contribution in [0.15, 0.2) is 48.8 Å². The molecule has 0 radical (unpaired) electrons. The van der Waals surface area contributed by atoms with E-state index >= 15 is 0 Å². The molecule has 1 aromatic heterocycles. The first-order valence-corrected chi connectivity index (χ1v) is 8.00. The summed E-state index contributed by atoms with van der Waals surface area (Å²) < 4.78 is 0. The van der Waals surface area contributed by atoms with Crippen molar-refractivity contribution in [2.24, 2.45) is 5.73 Å². The van der Waals surface area contributed by atoms with Crippen LogP contribution in [0, 0.1) is 0 Å². The lowest BCUT2D eigenvalue weighted by Gasteiger charge is -2.36. The van der Waals surface area contributed by atoms with Gasteiger partial charge in [-0.3, -0.25) is 4.98 Å². The summed E-state index contributed by atoms with van der Waals surface area (Å²) in [6.45, 7) is 0. The second-order valence-corrected chi connectivity index (χ2v) is 6.41. The highest BCUT2D eigenvalue weighted by atomic mass is 35.5. The van der Waals surface area contributed by atoms with Gasteiger partial charge in [-0.05, 0) is 36.5 Å². The van der Waals surface area contributed by atoms with Crippen molar-refractivity contribution in [1.82, 2.24) is 4.98 Å². The maximum absolute atomic E-state index is 6.67. The Morgan fingerprint density at radius 1 is 1.14 bits per heavy atom. The number of benzene rings is 1. The van der Waals surface area contributed by atoms with Gasteiger partial charge in [0.05, 0.1) is 5.02 Å². The summed E-state index contributed by atoms with van der Waals surface area (Å²) in [7, 11) is 0. The SMILES string of the molecule is NC(Cc1ccncc1Cl)C1(c2ccccc2)CCCC1. The van der Waals surface area contributed by atoms with Crippen molar-refractivity contribution in [2.45, 2.75) is 43.6 Å². The van der Waals surface area contributed by atoms with Crippen molar-refractivity contribution in [1.29, 1.82) is 0 Å². The Bertz CT molecular complexity index is 591. The molecule has 1 saturated carbocycles. The summed E-state index contributed by atoms with van der Waals surface area (Å²) in [6.07, 6.45) is 9.14. The van der Waals surface area contributed by atoms with E-state index in [9.17, 15) is 0 Å². The van der Waals surface area contributed by atoms with E-state index in [0.29, 0.717) is 5.02 Å². The van der Waals surface area contributed by atoms with Crippen LogP contribution in [-0.4, -0.2) is 11.0 Å². The Morgan fingerprint density at radius 3 is 2.52 bits per heavy atom. The molecule has 1 aliphatic rings. The molecular weight excluding hydrogens is 280 g/mol. The lowest BCUT2D eigenvalue weighted by Crippen LogP contribution is -2.45. The van der Waals surface area contributed by atoms with Crippen LogP contribution < -0.4 is 5.73 Å². The van der Waals surface area contributed by atoms with Gasteiger partial charge >= 0.3 is 0 Å². The summed E-state index contributed by atoms with van der Waals surface area (Å²) in [6, 6.07) is 12.8. The van der Waals surface area contributed by atoms with Crippen LogP contribution in [0.25, 0.3) is 0 Å². The Morgan fingerprint density at radius 2 is 1.86 bits per heavy atom. The highest BCUT2D eigenvalue weighted by Gasteiger charge is 2.40. The Balaban J connectivity index is 1.90. The maximum atomic E-state index is 6.67. The Labute approximate surface area is 131 Å². The molecule has 0 amide bonds. The first-order valence-electron chi connectivity index (χ1n) is 7.62. The third-order valence-corrected chi connectivity index (χ3v) is 5.19. The average molecular weight is 301 g/mol. The van der Waals surface area contributed by atoms with Gasteiger partial charge in [0.1, 0.15) is 0 Å². The van der Waals surface area contributed by atoms with Crippen molar-refractivity contribution in [2.75, 3.05) is 0 Å². The molecule has 21 heavy (non-hydrogen) atoms. The van der Waals surface area contributed by atoms with E-state index in [-0.39, 0.29) is 11.5 Å². The van der Waals surface area contributed by atoms with Gasteiger partial charge in [-0.1, -0.05) is 54.8 Å². The fraction of sp³-hybridized carbons (Fsp3) is 0.389. The van der Waals surface area contributed by atoms with Crippen LogP contribution in [0.4, 0.5) is 0 Å². The van der Waals surface area contributed by atoms with Crippen LogP contribution in [0.2, 0.25) is 5.02 Å². The van der Waals surface area contributed by atoms with Crippen LogP contribution in [-0.2, 0) is 11.8 Å². The van der Waals surface area contributed by atoms with Crippen molar-refractivity contribution in [3.05, 3.63) is 64.9 Å². The van der Waals surface area contributed by atoms with E-state index in [0.717, 1.165) is 12.0 Å². The predicted octanol–water partition coefficient (Wildman–Crippen LogP) is 4.12. The van der Waals surface area contributed by atoms with E-state index in [1.807, 2.05) is 6.07 Å². The molecule has 0 spiro atoms. The van der Waals surface area contributed by atoms with E-state index in [2.05, 4.69) is 35.3 Å². The second-order valence-electron chi connectivity index (χ2n) is 6.01. The third kappa shape index (κ3) is 2.83. The molecule has 110 valence electrons. The van der Waals surface area contributed by atoms with E-state index in [1.54, 1.807) is 12.4 Å². The highest BCUT2D eigenvalue weighted by Crippen LogP contribution is 2.44. The first kappa shape index (κ1) is 14.6. The number of nitrogens with two attached hydrogens (primary N) is 1. The molecule has 2 aromatic rings. The van der Waals surface area contributed by atoms with E-state index in [1.165, 1.54) is 31.2 Å². The number of nitrogens with zero attached hydrogens (tertiary/aromatic N) is 1. The second kappa shape index (κ2) is 6.17. The van der Waals surface area contributed by atoms with Crippen LogP contribution in [0.1, 0.15) is 36.8 Å². The van der Waals surface area contributed by atoms with Crippen LogP contribution in [0.5, 0.6) is 0 Å². The standard InChI is InChI=1S/C18H21ClN2/c19-16-13-21-11-8-14(16)12-17(20)18(9-4-5-10-18)15-6-2-1-3-7-15/h1-3,6-8,11,13,17H,4-5,9-10,12,20H2. The van der Waals surface area contributed by atoms with Gasteiger partial charge in [0, 0.05) is 23.9 Å². The van der Waals surface area contributed by atoms with Gasteiger partial charge in [0.25, 0.3) is 0 Å². The van der Waals surface area contributed by atoms with Gasteiger partial charge in [-0.25, -0.2) is 0 Å². The maximum Gasteiger partial charge on any atom is 0.0621 e. The number of hydrogen-bond acceptors (Lipinski definition) is 2. The number of hydrogen-bond donors (Lipinski definition) is 1. The van der Waals surface area contributed by atoms with E-state index < -0.39 is 0 Å². The molecule has 0 aliphatic heterocycles. The minimum absolute atomic E-state index is 0.0855. The largest absolute Gasteiger partial charge is 0.327 e. The number of halogens is 1. The smallest absolute Gasteiger partial charge is 0.0621 e. The summed E-state index contributed by atoms with van der Waals surface area (Å²) in [4.78, 5) is 4.05. The van der Waals surface area contributed by atoms with Gasteiger partial charge in [0.15, 0.2) is 0 Å². The average Bonchev–Trinajstić information content (AvgIpc) is 3.01. The molecule has 0 saturated heterocycles. The molecule has 1 fully saturated rings. The van der Waals surface area contributed by atoms with Crippen molar-refractivity contribution in [3.8, 4) is 0 Å². The van der Waals surface area contributed by atoms with Gasteiger partial charge in [-0.15, -0.1) is 0 Å². The summed E-state index contributed by atoms with van der Waals surface area (Å²) >= 11 is 6.25. The molecule has 1 aromatic carbocycles. The quantitative estimate of drug-likeness (QED) is 0.922. The number of pyridine rings is 1. The minimum atomic E-state index is 0.0855. The number of rotatable bonds is 4.